The van der Waals surface area contributed by atoms with Gasteiger partial charge in [0.25, 0.3) is 15.9 Å². The van der Waals surface area contributed by atoms with Gasteiger partial charge in [-0.3, -0.25) is 9.69 Å². The summed E-state index contributed by atoms with van der Waals surface area (Å²) in [4.78, 5) is 19.0. The van der Waals surface area contributed by atoms with Crippen LogP contribution in [0.5, 0.6) is 0 Å². The number of alkyl halides is 1. The Kier molecular flexibility index (Phi) is 8.59. The van der Waals surface area contributed by atoms with Crippen LogP contribution in [0.4, 0.5) is 4.39 Å². The lowest BCUT2D eigenvalue weighted by Gasteiger charge is -2.51. The molecule has 1 saturated heterocycles. The summed E-state index contributed by atoms with van der Waals surface area (Å²) in [7, 11) is -0.482. The normalized spacial score (nSPS) is 26.7. The molecule has 1 aliphatic carbocycles. The van der Waals surface area contributed by atoms with Crippen LogP contribution in [0.2, 0.25) is 0 Å². The number of halogens is 2. The predicted molar refractivity (Wildman–Crippen MR) is 132 cm³/mol. The number of aromatic nitrogens is 2. The van der Waals surface area contributed by atoms with Crippen LogP contribution in [-0.4, -0.2) is 84.3 Å². The molecule has 1 aromatic carbocycles. The number of piperazine rings is 1. The van der Waals surface area contributed by atoms with Crippen LogP contribution in [0.3, 0.4) is 0 Å². The maximum atomic E-state index is 14.8. The van der Waals surface area contributed by atoms with Crippen molar-refractivity contribution in [3.63, 3.8) is 0 Å². The Hall–Kier alpha value is -2.05. The number of aryl methyl sites for hydroxylation is 1. The van der Waals surface area contributed by atoms with Crippen molar-refractivity contribution >= 4 is 28.3 Å². The van der Waals surface area contributed by atoms with E-state index in [2.05, 4.69) is 15.2 Å². The predicted octanol–water partition coefficient (Wildman–Crippen LogP) is 2.06. The van der Waals surface area contributed by atoms with E-state index >= 15 is 0 Å². The molecule has 2 aliphatic rings. The van der Waals surface area contributed by atoms with Gasteiger partial charge in [-0.05, 0) is 24.5 Å². The van der Waals surface area contributed by atoms with Crippen LogP contribution < -0.4 is 5.32 Å². The SMILES string of the molecule is COC(NC(=O)c1ccccc1)C1(N2CCN(S(=O)(=O)c3cn(C)cn3)CC2)CC(F)CC1C.Cl. The minimum atomic E-state index is -3.71. The van der Waals surface area contributed by atoms with E-state index in [-0.39, 0.29) is 48.8 Å². The fraction of sp³-hybridized carbons (Fsp3) is 0.565. The zero-order valence-electron chi connectivity index (χ0n) is 20.1. The molecule has 1 saturated carbocycles. The number of hydrogen-bond donors (Lipinski definition) is 1. The van der Waals surface area contributed by atoms with Gasteiger partial charge in [0.1, 0.15) is 12.4 Å². The highest BCUT2D eigenvalue weighted by atomic mass is 35.5. The van der Waals surface area contributed by atoms with E-state index in [9.17, 15) is 17.6 Å². The van der Waals surface area contributed by atoms with Crippen molar-refractivity contribution in [2.45, 2.75) is 42.7 Å². The molecule has 1 N–H and O–H groups in total. The molecule has 0 spiro atoms. The molecule has 35 heavy (non-hydrogen) atoms. The van der Waals surface area contributed by atoms with Crippen LogP contribution in [0.1, 0.15) is 30.1 Å². The second-order valence-corrected chi connectivity index (χ2v) is 11.0. The Morgan fingerprint density at radius 3 is 2.40 bits per heavy atom. The second-order valence-electron chi connectivity index (χ2n) is 9.15. The van der Waals surface area contributed by atoms with Crippen molar-refractivity contribution < 1.29 is 22.3 Å². The third kappa shape index (κ3) is 5.24. The van der Waals surface area contributed by atoms with E-state index in [1.165, 1.54) is 23.9 Å². The summed E-state index contributed by atoms with van der Waals surface area (Å²) in [5.74, 6) is -0.403. The molecule has 194 valence electrons. The highest BCUT2D eigenvalue weighted by molar-refractivity contribution is 7.89. The Morgan fingerprint density at radius 1 is 1.23 bits per heavy atom. The fourth-order valence-corrected chi connectivity index (χ4v) is 6.77. The first-order chi connectivity index (χ1) is 16.2. The Labute approximate surface area is 212 Å². The lowest BCUT2D eigenvalue weighted by Crippen LogP contribution is -2.68. The van der Waals surface area contributed by atoms with Crippen LogP contribution in [-0.2, 0) is 21.8 Å². The molecular weight excluding hydrogens is 497 g/mol. The summed E-state index contributed by atoms with van der Waals surface area (Å²) >= 11 is 0. The molecule has 4 atom stereocenters. The molecule has 4 unspecified atom stereocenters. The summed E-state index contributed by atoms with van der Waals surface area (Å²) in [6, 6.07) is 8.82. The molecule has 9 nitrogen and oxygen atoms in total. The third-order valence-corrected chi connectivity index (χ3v) is 8.90. The minimum Gasteiger partial charge on any atom is -0.360 e. The summed E-state index contributed by atoms with van der Waals surface area (Å²) < 4.78 is 49.6. The average molecular weight is 530 g/mol. The van der Waals surface area contributed by atoms with Crippen LogP contribution in [0.25, 0.3) is 0 Å². The van der Waals surface area contributed by atoms with Crippen LogP contribution >= 0.6 is 12.4 Å². The molecule has 1 aliphatic heterocycles. The molecule has 0 bridgehead atoms. The number of methoxy groups -OCH3 is 1. The van der Waals surface area contributed by atoms with Gasteiger partial charge < -0.3 is 14.6 Å². The lowest BCUT2D eigenvalue weighted by molar-refractivity contribution is -0.0947. The van der Waals surface area contributed by atoms with E-state index in [0.717, 1.165) is 0 Å². The molecule has 2 aromatic rings. The number of amides is 1. The van der Waals surface area contributed by atoms with Gasteiger partial charge >= 0.3 is 0 Å². The van der Waals surface area contributed by atoms with Crippen molar-refractivity contribution in [3.05, 3.63) is 48.4 Å². The number of nitrogens with zero attached hydrogens (tertiary/aromatic N) is 4. The maximum absolute atomic E-state index is 14.8. The first kappa shape index (κ1) is 27.5. The standard InChI is InChI=1S/C23H32FN5O4S.ClH/c1-17-13-19(24)14-23(17,22(33-3)26-21(30)18-7-5-4-6-8-18)28-9-11-29(12-10-28)34(31,32)20-15-27(2)16-25-20;/h4-8,15-17,19,22H,9-14H2,1-3H3,(H,26,30);1H. The molecule has 12 heteroatoms. The van der Waals surface area contributed by atoms with Crippen LogP contribution in [0.15, 0.2) is 47.9 Å². The van der Waals surface area contributed by atoms with Gasteiger partial charge in [-0.15, -0.1) is 12.4 Å². The van der Waals surface area contributed by atoms with Crippen molar-refractivity contribution in [2.24, 2.45) is 13.0 Å². The van der Waals surface area contributed by atoms with Crippen molar-refractivity contribution in [1.82, 2.24) is 24.1 Å². The van der Waals surface area contributed by atoms with Gasteiger partial charge in [0, 0.05) is 58.5 Å². The van der Waals surface area contributed by atoms with E-state index in [4.69, 9.17) is 4.74 Å². The number of benzene rings is 1. The Morgan fingerprint density at radius 2 is 1.89 bits per heavy atom. The molecular formula is C23H33ClFN5O4S. The highest BCUT2D eigenvalue weighted by Crippen LogP contribution is 2.45. The Bertz CT molecular complexity index is 1110. The molecule has 1 aromatic heterocycles. The zero-order chi connectivity index (χ0) is 24.5. The first-order valence-corrected chi connectivity index (χ1v) is 12.9. The van der Waals surface area contributed by atoms with Crippen molar-refractivity contribution in [3.8, 4) is 0 Å². The van der Waals surface area contributed by atoms with E-state index in [0.29, 0.717) is 25.1 Å². The largest absolute Gasteiger partial charge is 0.360 e. The summed E-state index contributed by atoms with van der Waals surface area (Å²) in [5, 5.41) is 2.98. The molecule has 1 amide bonds. The zero-order valence-corrected chi connectivity index (χ0v) is 21.8. The number of rotatable bonds is 7. The number of hydrogen-bond acceptors (Lipinski definition) is 6. The molecule has 4 rings (SSSR count). The summed E-state index contributed by atoms with van der Waals surface area (Å²) in [6.07, 6.45) is 1.71. The van der Waals surface area contributed by atoms with Gasteiger partial charge in [-0.25, -0.2) is 17.8 Å². The number of sulfonamides is 1. The van der Waals surface area contributed by atoms with Gasteiger partial charge in [-0.1, -0.05) is 25.1 Å². The van der Waals surface area contributed by atoms with Crippen LogP contribution in [0, 0.1) is 5.92 Å². The van der Waals surface area contributed by atoms with E-state index in [1.807, 2.05) is 13.0 Å². The smallest absolute Gasteiger partial charge is 0.262 e. The van der Waals surface area contributed by atoms with Gasteiger partial charge in [-0.2, -0.15) is 4.31 Å². The molecule has 0 radical (unpaired) electrons. The number of carbonyl (C=O) groups is 1. The molecule has 2 fully saturated rings. The molecule has 2 heterocycles. The van der Waals surface area contributed by atoms with Crippen molar-refractivity contribution in [1.29, 1.82) is 0 Å². The topological polar surface area (TPSA) is 96.8 Å². The van der Waals surface area contributed by atoms with E-state index < -0.39 is 28.0 Å². The minimum absolute atomic E-state index is 0. The third-order valence-electron chi connectivity index (χ3n) is 7.11. The highest BCUT2D eigenvalue weighted by Gasteiger charge is 2.56. The Balaban J connectivity index is 0.00000342. The number of nitrogens with one attached hydrogen (secondary N) is 1. The van der Waals surface area contributed by atoms with Gasteiger partial charge in [0.2, 0.25) is 0 Å². The lowest BCUT2D eigenvalue weighted by atomic mass is 9.83. The fourth-order valence-electron chi connectivity index (χ4n) is 5.38. The second kappa shape index (κ2) is 10.9. The maximum Gasteiger partial charge on any atom is 0.262 e. The number of carbonyl (C=O) groups excluding carboxylic acids is 1. The summed E-state index contributed by atoms with van der Waals surface area (Å²) in [6.45, 7) is 3.24. The number of ether oxygens (including phenoxy) is 1. The van der Waals surface area contributed by atoms with Gasteiger partial charge in [0.05, 0.1) is 11.9 Å². The van der Waals surface area contributed by atoms with Crippen molar-refractivity contribution in [2.75, 3.05) is 33.3 Å². The number of imidazole rings is 1. The van der Waals surface area contributed by atoms with Gasteiger partial charge in [0.15, 0.2) is 5.03 Å². The quantitative estimate of drug-likeness (QED) is 0.551. The average Bonchev–Trinajstić information content (AvgIpc) is 3.41. The first-order valence-electron chi connectivity index (χ1n) is 11.4. The summed E-state index contributed by atoms with van der Waals surface area (Å²) in [5.41, 5.74) is -0.298. The van der Waals surface area contributed by atoms with E-state index in [1.54, 1.807) is 35.9 Å². The monoisotopic (exact) mass is 529 g/mol.